The average molecular weight is 266 g/mol. The number of rotatable bonds is 2. The third-order valence-corrected chi connectivity index (χ3v) is 2.96. The maximum atomic E-state index is 12.2. The number of halogens is 2. The van der Waals surface area contributed by atoms with Crippen LogP contribution in [-0.2, 0) is 0 Å². The number of benzene rings is 1. The van der Waals surface area contributed by atoms with Crippen molar-refractivity contribution in [2.75, 3.05) is 0 Å². The number of nitrogens with zero attached hydrogens (tertiary/aromatic N) is 1. The summed E-state index contributed by atoms with van der Waals surface area (Å²) in [7, 11) is 0. The second-order valence-electron chi connectivity index (χ2n) is 3.68. The van der Waals surface area contributed by atoms with Crippen LogP contribution in [0.5, 0.6) is 0 Å². The van der Waals surface area contributed by atoms with Crippen molar-refractivity contribution >= 4 is 29.0 Å². The molecule has 0 aliphatic carbocycles. The van der Waals surface area contributed by atoms with Crippen LogP contribution in [0.15, 0.2) is 36.7 Å². The molecule has 0 fully saturated rings. The van der Waals surface area contributed by atoms with Crippen LogP contribution in [0.3, 0.4) is 0 Å². The molecule has 86 valence electrons. The lowest BCUT2D eigenvalue weighted by atomic mass is 10.0. The van der Waals surface area contributed by atoms with Gasteiger partial charge in [0, 0.05) is 18.0 Å². The number of carbonyl (C=O) groups is 1. The molecule has 0 amide bonds. The maximum absolute atomic E-state index is 12.2. The van der Waals surface area contributed by atoms with Crippen molar-refractivity contribution in [3.63, 3.8) is 0 Å². The molecular formula is C13H9Cl2NO. The van der Waals surface area contributed by atoms with Crippen LogP contribution in [0.4, 0.5) is 0 Å². The molecule has 0 saturated heterocycles. The Kier molecular flexibility index (Phi) is 3.46. The third kappa shape index (κ3) is 2.48. The SMILES string of the molecule is Cc1cncc(C(=O)c2c(Cl)cccc2Cl)c1. The Morgan fingerprint density at radius 1 is 1.18 bits per heavy atom. The Morgan fingerprint density at radius 2 is 1.82 bits per heavy atom. The second-order valence-corrected chi connectivity index (χ2v) is 4.49. The zero-order chi connectivity index (χ0) is 12.4. The fraction of sp³-hybridized carbons (Fsp3) is 0.0769. The molecule has 2 rings (SSSR count). The summed E-state index contributed by atoms with van der Waals surface area (Å²) >= 11 is 12.0. The van der Waals surface area contributed by atoms with Gasteiger partial charge in [0.1, 0.15) is 0 Å². The van der Waals surface area contributed by atoms with Crippen molar-refractivity contribution in [2.45, 2.75) is 6.92 Å². The van der Waals surface area contributed by atoms with Gasteiger partial charge in [0.15, 0.2) is 5.78 Å². The predicted octanol–water partition coefficient (Wildman–Crippen LogP) is 3.93. The Hall–Kier alpha value is -1.38. The summed E-state index contributed by atoms with van der Waals surface area (Å²) in [4.78, 5) is 16.2. The van der Waals surface area contributed by atoms with E-state index in [9.17, 15) is 4.79 Å². The molecule has 1 aromatic carbocycles. The molecule has 4 heteroatoms. The second kappa shape index (κ2) is 4.86. The summed E-state index contributed by atoms with van der Waals surface area (Å²) in [5, 5.41) is 0.702. The predicted molar refractivity (Wildman–Crippen MR) is 68.9 cm³/mol. The van der Waals surface area contributed by atoms with E-state index in [0.29, 0.717) is 21.2 Å². The number of pyridine rings is 1. The minimum atomic E-state index is -0.211. The first-order valence-corrected chi connectivity index (χ1v) is 5.75. The van der Waals surface area contributed by atoms with Crippen LogP contribution in [0, 0.1) is 6.92 Å². The van der Waals surface area contributed by atoms with Crippen LogP contribution < -0.4 is 0 Å². The molecule has 0 N–H and O–H groups in total. The largest absolute Gasteiger partial charge is 0.288 e. The molecule has 1 aromatic heterocycles. The lowest BCUT2D eigenvalue weighted by Crippen LogP contribution is -2.04. The quantitative estimate of drug-likeness (QED) is 0.771. The highest BCUT2D eigenvalue weighted by molar-refractivity contribution is 6.40. The summed E-state index contributed by atoms with van der Waals surface area (Å²) in [6.45, 7) is 1.87. The monoisotopic (exact) mass is 265 g/mol. The smallest absolute Gasteiger partial charge is 0.197 e. The van der Waals surface area contributed by atoms with Crippen molar-refractivity contribution in [3.8, 4) is 0 Å². The Bertz CT molecular complexity index is 561. The van der Waals surface area contributed by atoms with Crippen molar-refractivity contribution in [1.82, 2.24) is 4.98 Å². The van der Waals surface area contributed by atoms with E-state index in [4.69, 9.17) is 23.2 Å². The molecule has 2 aromatic rings. The maximum Gasteiger partial charge on any atom is 0.197 e. The van der Waals surface area contributed by atoms with Gasteiger partial charge in [-0.1, -0.05) is 29.3 Å². The van der Waals surface area contributed by atoms with Crippen LogP contribution in [0.2, 0.25) is 10.0 Å². The van der Waals surface area contributed by atoms with Gasteiger partial charge in [-0.15, -0.1) is 0 Å². The highest BCUT2D eigenvalue weighted by Crippen LogP contribution is 2.26. The van der Waals surface area contributed by atoms with Gasteiger partial charge in [0.25, 0.3) is 0 Å². The minimum absolute atomic E-state index is 0.211. The first-order valence-electron chi connectivity index (χ1n) is 5.00. The molecule has 2 nitrogen and oxygen atoms in total. The normalized spacial score (nSPS) is 10.3. The molecule has 0 spiro atoms. The first kappa shape index (κ1) is 12.1. The third-order valence-electron chi connectivity index (χ3n) is 2.33. The van der Waals surface area contributed by atoms with Gasteiger partial charge in [-0.05, 0) is 30.7 Å². The summed E-state index contributed by atoms with van der Waals surface area (Å²) in [5.41, 5.74) is 1.72. The van der Waals surface area contributed by atoms with E-state index in [2.05, 4.69) is 4.98 Å². The number of aromatic nitrogens is 1. The highest BCUT2D eigenvalue weighted by atomic mass is 35.5. The molecule has 0 aliphatic rings. The fourth-order valence-corrected chi connectivity index (χ4v) is 2.11. The zero-order valence-electron chi connectivity index (χ0n) is 9.08. The molecule has 0 unspecified atom stereocenters. The lowest BCUT2D eigenvalue weighted by molar-refractivity contribution is 0.103. The van der Waals surface area contributed by atoms with Crippen molar-refractivity contribution in [2.24, 2.45) is 0 Å². The van der Waals surface area contributed by atoms with Crippen LogP contribution >= 0.6 is 23.2 Å². The standard InChI is InChI=1S/C13H9Cl2NO/c1-8-5-9(7-16-6-8)13(17)12-10(14)3-2-4-11(12)15/h2-7H,1H3. The average Bonchev–Trinajstić information content (AvgIpc) is 2.28. The van der Waals surface area contributed by atoms with Crippen LogP contribution in [0.1, 0.15) is 21.5 Å². The van der Waals surface area contributed by atoms with E-state index in [-0.39, 0.29) is 5.78 Å². The number of ketones is 1. The molecule has 0 radical (unpaired) electrons. The van der Waals surface area contributed by atoms with E-state index in [1.807, 2.05) is 6.92 Å². The van der Waals surface area contributed by atoms with Gasteiger partial charge >= 0.3 is 0 Å². The number of aryl methyl sites for hydroxylation is 1. The van der Waals surface area contributed by atoms with Crippen molar-refractivity contribution in [1.29, 1.82) is 0 Å². The Morgan fingerprint density at radius 3 is 2.41 bits per heavy atom. The van der Waals surface area contributed by atoms with Crippen molar-refractivity contribution < 1.29 is 4.79 Å². The van der Waals surface area contributed by atoms with E-state index >= 15 is 0 Å². The van der Waals surface area contributed by atoms with Gasteiger partial charge in [-0.3, -0.25) is 9.78 Å². The summed E-state index contributed by atoms with van der Waals surface area (Å²) in [6.07, 6.45) is 3.19. The summed E-state index contributed by atoms with van der Waals surface area (Å²) in [5.74, 6) is -0.211. The van der Waals surface area contributed by atoms with Gasteiger partial charge in [0.05, 0.1) is 15.6 Å². The zero-order valence-corrected chi connectivity index (χ0v) is 10.6. The minimum Gasteiger partial charge on any atom is -0.288 e. The topological polar surface area (TPSA) is 30.0 Å². The highest BCUT2D eigenvalue weighted by Gasteiger charge is 2.16. The number of carbonyl (C=O) groups excluding carboxylic acids is 1. The molecule has 1 heterocycles. The van der Waals surface area contributed by atoms with Gasteiger partial charge in [-0.2, -0.15) is 0 Å². The van der Waals surface area contributed by atoms with Gasteiger partial charge in [0.2, 0.25) is 0 Å². The fourth-order valence-electron chi connectivity index (χ4n) is 1.54. The summed E-state index contributed by atoms with van der Waals surface area (Å²) in [6, 6.07) is 6.75. The molecule has 17 heavy (non-hydrogen) atoms. The Balaban J connectivity index is 2.51. The van der Waals surface area contributed by atoms with E-state index in [1.165, 1.54) is 6.20 Å². The van der Waals surface area contributed by atoms with E-state index in [0.717, 1.165) is 5.56 Å². The molecule has 0 atom stereocenters. The summed E-state index contributed by atoms with van der Waals surface area (Å²) < 4.78 is 0. The van der Waals surface area contributed by atoms with E-state index < -0.39 is 0 Å². The molecule has 0 bridgehead atoms. The van der Waals surface area contributed by atoms with Crippen LogP contribution in [-0.4, -0.2) is 10.8 Å². The van der Waals surface area contributed by atoms with Gasteiger partial charge < -0.3 is 0 Å². The Labute approximate surface area is 109 Å². The number of hydrogen-bond donors (Lipinski definition) is 0. The molecule has 0 aliphatic heterocycles. The van der Waals surface area contributed by atoms with Crippen molar-refractivity contribution in [3.05, 3.63) is 63.4 Å². The van der Waals surface area contributed by atoms with E-state index in [1.54, 1.807) is 30.5 Å². The van der Waals surface area contributed by atoms with Crippen LogP contribution in [0.25, 0.3) is 0 Å². The first-order chi connectivity index (χ1) is 8.09. The molecule has 0 saturated carbocycles. The lowest BCUT2D eigenvalue weighted by Gasteiger charge is -2.06. The number of hydrogen-bond acceptors (Lipinski definition) is 2. The van der Waals surface area contributed by atoms with Gasteiger partial charge in [-0.25, -0.2) is 0 Å². The molecular weight excluding hydrogens is 257 g/mol.